The fourth-order valence-electron chi connectivity index (χ4n) is 5.42. The predicted octanol–water partition coefficient (Wildman–Crippen LogP) is 4.77. The number of hydrogen-bond donors (Lipinski definition) is 1. The summed E-state index contributed by atoms with van der Waals surface area (Å²) in [5, 5.41) is 13.9. The number of pyridine rings is 1. The van der Waals surface area contributed by atoms with Crippen LogP contribution in [-0.4, -0.2) is 42.8 Å². The third kappa shape index (κ3) is 5.65. The van der Waals surface area contributed by atoms with Crippen molar-refractivity contribution in [1.29, 1.82) is 0 Å². The normalized spacial score (nSPS) is 16.6. The van der Waals surface area contributed by atoms with E-state index in [-0.39, 0.29) is 17.7 Å². The molecule has 37 heavy (non-hydrogen) atoms. The highest BCUT2D eigenvalue weighted by atomic mass is 16.5. The zero-order valence-electron chi connectivity index (χ0n) is 22.2. The minimum atomic E-state index is -0.0630. The third-order valence-corrected chi connectivity index (χ3v) is 7.35. The standard InChI is InChI=1S/C29H36N6O2/c1-5-27(28-31-32-33-35(28)18-24-7-6-12-37-24)34(16-22-10-8-19(2)9-11-22)17-23-15-25-21(4)13-20(3)14-26(25)30-29(23)36/h8-11,13-15,24,27H,5-7,12,16-18H2,1-4H3,(H,30,36). The van der Waals surface area contributed by atoms with Gasteiger partial charge in [0.25, 0.3) is 5.56 Å². The molecule has 4 aromatic rings. The van der Waals surface area contributed by atoms with E-state index in [2.05, 4.69) is 83.4 Å². The van der Waals surface area contributed by atoms with Gasteiger partial charge in [0.2, 0.25) is 0 Å². The molecular weight excluding hydrogens is 464 g/mol. The predicted molar refractivity (Wildman–Crippen MR) is 144 cm³/mol. The Morgan fingerprint density at radius 1 is 1.11 bits per heavy atom. The number of H-pyrrole nitrogens is 1. The van der Waals surface area contributed by atoms with E-state index in [1.165, 1.54) is 11.1 Å². The van der Waals surface area contributed by atoms with Crippen molar-refractivity contribution in [2.75, 3.05) is 6.61 Å². The Bertz CT molecular complexity index is 1420. The number of ether oxygens (including phenoxy) is 1. The lowest BCUT2D eigenvalue weighted by Gasteiger charge is -2.30. The summed E-state index contributed by atoms with van der Waals surface area (Å²) in [5.74, 6) is 0.814. The molecule has 0 amide bonds. The summed E-state index contributed by atoms with van der Waals surface area (Å²) in [4.78, 5) is 18.7. The van der Waals surface area contributed by atoms with Crippen LogP contribution in [-0.2, 0) is 24.4 Å². The number of rotatable bonds is 9. The van der Waals surface area contributed by atoms with Gasteiger partial charge >= 0.3 is 0 Å². The molecule has 1 N–H and O–H groups in total. The van der Waals surface area contributed by atoms with Crippen molar-refractivity contribution in [3.63, 3.8) is 0 Å². The molecule has 1 saturated heterocycles. The van der Waals surface area contributed by atoms with E-state index in [4.69, 9.17) is 4.74 Å². The van der Waals surface area contributed by atoms with E-state index in [0.717, 1.165) is 59.3 Å². The van der Waals surface area contributed by atoms with Crippen molar-refractivity contribution < 1.29 is 4.74 Å². The van der Waals surface area contributed by atoms with E-state index in [1.54, 1.807) is 0 Å². The molecule has 1 fully saturated rings. The largest absolute Gasteiger partial charge is 0.376 e. The first-order chi connectivity index (χ1) is 17.9. The molecule has 0 spiro atoms. The number of benzene rings is 2. The van der Waals surface area contributed by atoms with Gasteiger partial charge in [-0.2, -0.15) is 0 Å². The van der Waals surface area contributed by atoms with E-state index in [9.17, 15) is 4.79 Å². The summed E-state index contributed by atoms with van der Waals surface area (Å²) in [7, 11) is 0. The maximum Gasteiger partial charge on any atom is 0.252 e. The maximum atomic E-state index is 13.2. The van der Waals surface area contributed by atoms with Gasteiger partial charge in [0.1, 0.15) is 0 Å². The number of nitrogens with one attached hydrogen (secondary N) is 1. The lowest BCUT2D eigenvalue weighted by atomic mass is 10.0. The molecule has 3 heterocycles. The maximum absolute atomic E-state index is 13.2. The number of aromatic amines is 1. The quantitative estimate of drug-likeness (QED) is 0.356. The number of tetrazole rings is 1. The second-order valence-corrected chi connectivity index (χ2v) is 10.3. The van der Waals surface area contributed by atoms with Crippen LogP contribution in [0.1, 0.15) is 65.9 Å². The second-order valence-electron chi connectivity index (χ2n) is 10.3. The Morgan fingerprint density at radius 3 is 2.65 bits per heavy atom. The van der Waals surface area contributed by atoms with Gasteiger partial charge in [-0.15, -0.1) is 5.10 Å². The minimum Gasteiger partial charge on any atom is -0.376 e. The van der Waals surface area contributed by atoms with Crippen molar-refractivity contribution in [2.24, 2.45) is 0 Å². The zero-order chi connectivity index (χ0) is 25.9. The average Bonchev–Trinajstić information content (AvgIpc) is 3.55. The Labute approximate surface area is 217 Å². The van der Waals surface area contributed by atoms with Crippen LogP contribution in [0.4, 0.5) is 0 Å². The molecule has 5 rings (SSSR count). The van der Waals surface area contributed by atoms with Gasteiger partial charge in [-0.3, -0.25) is 9.69 Å². The lowest BCUT2D eigenvalue weighted by Crippen LogP contribution is -2.33. The van der Waals surface area contributed by atoms with Crippen LogP contribution in [0, 0.1) is 20.8 Å². The lowest BCUT2D eigenvalue weighted by molar-refractivity contribution is 0.0888. The van der Waals surface area contributed by atoms with Crippen molar-refractivity contribution >= 4 is 10.9 Å². The fourth-order valence-corrected chi connectivity index (χ4v) is 5.42. The molecule has 2 atom stereocenters. The Hall–Kier alpha value is -3.36. The van der Waals surface area contributed by atoms with Gasteiger partial charge in [0, 0.05) is 36.2 Å². The summed E-state index contributed by atoms with van der Waals surface area (Å²) < 4.78 is 7.75. The van der Waals surface area contributed by atoms with Crippen molar-refractivity contribution in [2.45, 2.75) is 78.7 Å². The fraction of sp³-hybridized carbons (Fsp3) is 0.448. The third-order valence-electron chi connectivity index (χ3n) is 7.35. The smallest absolute Gasteiger partial charge is 0.252 e. The summed E-state index contributed by atoms with van der Waals surface area (Å²) in [6.45, 7) is 11.0. The molecule has 2 unspecified atom stereocenters. The monoisotopic (exact) mass is 500 g/mol. The zero-order valence-corrected chi connectivity index (χ0v) is 22.2. The van der Waals surface area contributed by atoms with Crippen molar-refractivity contribution in [1.82, 2.24) is 30.1 Å². The van der Waals surface area contributed by atoms with Gasteiger partial charge in [-0.25, -0.2) is 4.68 Å². The van der Waals surface area contributed by atoms with Crippen molar-refractivity contribution in [3.8, 4) is 0 Å². The van der Waals surface area contributed by atoms with Crippen LogP contribution in [0.3, 0.4) is 0 Å². The topological polar surface area (TPSA) is 88.9 Å². The molecule has 8 nitrogen and oxygen atoms in total. The number of hydrogen-bond acceptors (Lipinski definition) is 6. The summed E-state index contributed by atoms with van der Waals surface area (Å²) in [6.07, 6.45) is 3.04. The van der Waals surface area contributed by atoms with Crippen molar-refractivity contribution in [3.05, 3.63) is 86.5 Å². The van der Waals surface area contributed by atoms with Crippen LogP contribution >= 0.6 is 0 Å². The molecule has 1 aliphatic heterocycles. The first-order valence-electron chi connectivity index (χ1n) is 13.2. The molecule has 0 aliphatic carbocycles. The minimum absolute atomic E-state index is 0.0554. The first kappa shape index (κ1) is 25.3. The number of aryl methyl sites for hydroxylation is 3. The molecule has 0 saturated carbocycles. The van der Waals surface area contributed by atoms with E-state index in [0.29, 0.717) is 19.6 Å². The van der Waals surface area contributed by atoms with Gasteiger partial charge in [0.15, 0.2) is 5.82 Å². The highest BCUT2D eigenvalue weighted by molar-refractivity contribution is 5.83. The van der Waals surface area contributed by atoms with Gasteiger partial charge in [-0.05, 0) is 79.3 Å². The van der Waals surface area contributed by atoms with Crippen LogP contribution < -0.4 is 5.56 Å². The van der Waals surface area contributed by atoms with Crippen LogP contribution in [0.5, 0.6) is 0 Å². The average molecular weight is 501 g/mol. The van der Waals surface area contributed by atoms with E-state index >= 15 is 0 Å². The molecule has 2 aromatic heterocycles. The van der Waals surface area contributed by atoms with E-state index in [1.807, 2.05) is 16.8 Å². The first-order valence-corrected chi connectivity index (χ1v) is 13.2. The SMILES string of the molecule is CCC(c1nnnn1CC1CCCO1)N(Cc1ccc(C)cc1)Cc1cc2c(C)cc(C)cc2[nH]c1=O. The number of fused-ring (bicyclic) bond motifs is 1. The Morgan fingerprint density at radius 2 is 1.92 bits per heavy atom. The summed E-state index contributed by atoms with van der Waals surface area (Å²) in [5.41, 5.74) is 6.27. The highest BCUT2D eigenvalue weighted by Gasteiger charge is 2.28. The second kappa shape index (κ2) is 10.9. The molecule has 8 heteroatoms. The van der Waals surface area contributed by atoms with Gasteiger partial charge in [-0.1, -0.05) is 42.8 Å². The van der Waals surface area contributed by atoms with Gasteiger partial charge in [0.05, 0.1) is 18.7 Å². The van der Waals surface area contributed by atoms with Crippen LogP contribution in [0.25, 0.3) is 10.9 Å². The Kier molecular flexibility index (Phi) is 7.48. The molecule has 2 aromatic carbocycles. The number of aromatic nitrogens is 5. The highest BCUT2D eigenvalue weighted by Crippen LogP contribution is 2.28. The Balaban J connectivity index is 1.51. The molecule has 0 radical (unpaired) electrons. The van der Waals surface area contributed by atoms with E-state index < -0.39 is 0 Å². The van der Waals surface area contributed by atoms with Gasteiger partial charge < -0.3 is 9.72 Å². The molecule has 194 valence electrons. The van der Waals surface area contributed by atoms with Crippen LogP contribution in [0.2, 0.25) is 0 Å². The molecule has 1 aliphatic rings. The number of nitrogens with zero attached hydrogens (tertiary/aromatic N) is 5. The molecular formula is C29H36N6O2. The summed E-state index contributed by atoms with van der Waals surface area (Å²) >= 11 is 0. The summed E-state index contributed by atoms with van der Waals surface area (Å²) in [6, 6.07) is 14.7. The van der Waals surface area contributed by atoms with Crippen LogP contribution in [0.15, 0.2) is 47.3 Å². The molecule has 0 bridgehead atoms.